The molecule has 2 rings (SSSR count). The number of methoxy groups -OCH3 is 1. The molecule has 0 aromatic carbocycles. The minimum absolute atomic E-state index is 0.108. The van der Waals surface area contributed by atoms with E-state index in [0.717, 1.165) is 32.5 Å². The Balaban J connectivity index is 1.87. The molecule has 6 heteroatoms. The predicted molar refractivity (Wildman–Crippen MR) is 72.3 cm³/mol. The lowest BCUT2D eigenvalue weighted by Crippen LogP contribution is -2.36. The number of carbonyl (C=O) groups is 1. The molecule has 1 aliphatic heterocycles. The van der Waals surface area contributed by atoms with Crippen LogP contribution in [-0.4, -0.2) is 54.4 Å². The number of aromatic nitrogens is 2. The quantitative estimate of drug-likeness (QED) is 0.862. The summed E-state index contributed by atoms with van der Waals surface area (Å²) in [5.41, 5.74) is 0.498. The topological polar surface area (TPSA) is 59.4 Å². The van der Waals surface area contributed by atoms with E-state index >= 15 is 0 Å². The van der Waals surface area contributed by atoms with Gasteiger partial charge in [-0.3, -0.25) is 9.48 Å². The molecule has 1 fully saturated rings. The highest BCUT2D eigenvalue weighted by molar-refractivity contribution is 5.96. The molecular weight excluding hydrogens is 244 g/mol. The molecule has 0 atom stereocenters. The molecule has 1 amide bonds. The molecule has 1 aromatic rings. The Kier molecular flexibility index (Phi) is 4.42. The Bertz CT molecular complexity index is 436. The number of amides is 1. The van der Waals surface area contributed by atoms with Crippen molar-refractivity contribution < 1.29 is 9.53 Å². The molecule has 106 valence electrons. The van der Waals surface area contributed by atoms with E-state index in [0.29, 0.717) is 17.4 Å². The van der Waals surface area contributed by atoms with Crippen LogP contribution in [0.2, 0.25) is 0 Å². The molecule has 1 N–H and O–H groups in total. The number of aryl methyl sites for hydroxylation is 1. The lowest BCUT2D eigenvalue weighted by atomic mass is 9.97. The van der Waals surface area contributed by atoms with Gasteiger partial charge in [-0.2, -0.15) is 0 Å². The van der Waals surface area contributed by atoms with E-state index in [1.807, 2.05) is 0 Å². The van der Waals surface area contributed by atoms with Gasteiger partial charge < -0.3 is 15.0 Å². The molecule has 0 aliphatic carbocycles. The van der Waals surface area contributed by atoms with Crippen molar-refractivity contribution >= 4 is 5.91 Å². The van der Waals surface area contributed by atoms with Crippen molar-refractivity contribution in [2.75, 3.05) is 33.8 Å². The summed E-state index contributed by atoms with van der Waals surface area (Å²) in [5, 5.41) is 7.06. The van der Waals surface area contributed by atoms with Gasteiger partial charge in [-0.05, 0) is 38.9 Å². The summed E-state index contributed by atoms with van der Waals surface area (Å²) in [4.78, 5) is 14.4. The van der Waals surface area contributed by atoms with Crippen molar-refractivity contribution in [1.82, 2.24) is 20.0 Å². The first-order chi connectivity index (χ1) is 9.10. The van der Waals surface area contributed by atoms with Crippen LogP contribution in [0.3, 0.4) is 0 Å². The van der Waals surface area contributed by atoms with E-state index in [1.54, 1.807) is 17.9 Å². The van der Waals surface area contributed by atoms with Crippen molar-refractivity contribution in [3.8, 4) is 5.88 Å². The zero-order valence-electron chi connectivity index (χ0n) is 11.8. The normalized spacial score (nSPS) is 17.4. The molecule has 1 aromatic heterocycles. The van der Waals surface area contributed by atoms with Crippen LogP contribution in [0.4, 0.5) is 0 Å². The van der Waals surface area contributed by atoms with E-state index in [4.69, 9.17) is 4.74 Å². The number of ether oxygens (including phenoxy) is 1. The van der Waals surface area contributed by atoms with E-state index < -0.39 is 0 Å². The molecule has 6 nitrogen and oxygen atoms in total. The maximum Gasteiger partial charge on any atom is 0.258 e. The van der Waals surface area contributed by atoms with Gasteiger partial charge in [0.25, 0.3) is 5.91 Å². The minimum Gasteiger partial charge on any atom is -0.479 e. The van der Waals surface area contributed by atoms with Crippen LogP contribution in [0.1, 0.15) is 23.2 Å². The maximum atomic E-state index is 12.1. The second kappa shape index (κ2) is 6.06. The largest absolute Gasteiger partial charge is 0.479 e. The second-order valence-corrected chi connectivity index (χ2v) is 5.18. The van der Waals surface area contributed by atoms with Gasteiger partial charge in [-0.1, -0.05) is 0 Å². The molecular formula is C13H22N4O2. The molecule has 19 heavy (non-hydrogen) atoms. The zero-order valence-corrected chi connectivity index (χ0v) is 11.8. The first-order valence-electron chi connectivity index (χ1n) is 6.64. The fraction of sp³-hybridized carbons (Fsp3) is 0.692. The molecule has 0 unspecified atom stereocenters. The van der Waals surface area contributed by atoms with E-state index in [2.05, 4.69) is 22.4 Å². The van der Waals surface area contributed by atoms with Crippen molar-refractivity contribution in [3.05, 3.63) is 11.8 Å². The molecule has 1 aliphatic rings. The highest BCUT2D eigenvalue weighted by Crippen LogP contribution is 2.17. The highest BCUT2D eigenvalue weighted by Gasteiger charge is 2.20. The third kappa shape index (κ3) is 3.47. The van der Waals surface area contributed by atoms with Crippen LogP contribution in [0, 0.1) is 5.92 Å². The van der Waals surface area contributed by atoms with Crippen molar-refractivity contribution in [3.63, 3.8) is 0 Å². The third-order valence-electron chi connectivity index (χ3n) is 3.62. The van der Waals surface area contributed by atoms with Crippen LogP contribution in [0.5, 0.6) is 5.88 Å². The molecule has 0 bridgehead atoms. The number of hydrogen-bond donors (Lipinski definition) is 1. The maximum absolute atomic E-state index is 12.1. The van der Waals surface area contributed by atoms with Crippen LogP contribution >= 0.6 is 0 Å². The molecule has 1 saturated heterocycles. The van der Waals surface area contributed by atoms with Crippen LogP contribution in [0.15, 0.2) is 6.20 Å². The van der Waals surface area contributed by atoms with Gasteiger partial charge in [0.2, 0.25) is 5.88 Å². The van der Waals surface area contributed by atoms with Gasteiger partial charge in [0.15, 0.2) is 0 Å². The molecule has 2 heterocycles. The Hall–Kier alpha value is -1.56. The van der Waals surface area contributed by atoms with Gasteiger partial charge in [0.1, 0.15) is 5.56 Å². The first kappa shape index (κ1) is 13.9. The Labute approximate surface area is 113 Å². The van der Waals surface area contributed by atoms with Gasteiger partial charge in [0.05, 0.1) is 7.11 Å². The number of nitrogens with one attached hydrogen (secondary N) is 1. The summed E-state index contributed by atoms with van der Waals surface area (Å²) in [6.45, 7) is 2.94. The SMILES string of the molecule is COc1nn(C)cc1C(=O)NCC1CCN(C)CC1. The monoisotopic (exact) mass is 266 g/mol. The number of likely N-dealkylation sites (tertiary alicyclic amines) is 1. The number of nitrogens with zero attached hydrogens (tertiary/aromatic N) is 3. The zero-order chi connectivity index (χ0) is 13.8. The fourth-order valence-electron chi connectivity index (χ4n) is 2.37. The fourth-order valence-corrected chi connectivity index (χ4v) is 2.37. The lowest BCUT2D eigenvalue weighted by Gasteiger charge is -2.28. The third-order valence-corrected chi connectivity index (χ3v) is 3.62. The standard InChI is InChI=1S/C13H22N4O2/c1-16-6-4-10(5-7-16)8-14-12(18)11-9-17(2)15-13(11)19-3/h9-10H,4-8H2,1-3H3,(H,14,18). The van der Waals surface area contributed by atoms with E-state index in [-0.39, 0.29) is 5.91 Å². The second-order valence-electron chi connectivity index (χ2n) is 5.18. The summed E-state index contributed by atoms with van der Waals surface area (Å²) in [6.07, 6.45) is 3.96. The molecule has 0 saturated carbocycles. The number of carbonyl (C=O) groups excluding carboxylic acids is 1. The van der Waals surface area contributed by atoms with E-state index in [9.17, 15) is 4.79 Å². The van der Waals surface area contributed by atoms with Gasteiger partial charge >= 0.3 is 0 Å². The highest BCUT2D eigenvalue weighted by atomic mass is 16.5. The van der Waals surface area contributed by atoms with Gasteiger partial charge in [0, 0.05) is 19.8 Å². The van der Waals surface area contributed by atoms with Gasteiger partial charge in [-0.15, -0.1) is 5.10 Å². The summed E-state index contributed by atoms with van der Waals surface area (Å²) in [5.74, 6) is 0.843. The smallest absolute Gasteiger partial charge is 0.258 e. The first-order valence-corrected chi connectivity index (χ1v) is 6.64. The van der Waals surface area contributed by atoms with Crippen LogP contribution in [0.25, 0.3) is 0 Å². The number of hydrogen-bond acceptors (Lipinski definition) is 4. The van der Waals surface area contributed by atoms with Crippen LogP contribution in [-0.2, 0) is 7.05 Å². The summed E-state index contributed by atoms with van der Waals surface area (Å²) in [7, 11) is 5.43. The summed E-state index contributed by atoms with van der Waals surface area (Å²) in [6, 6.07) is 0. The summed E-state index contributed by atoms with van der Waals surface area (Å²) >= 11 is 0. The Morgan fingerprint density at radius 2 is 2.16 bits per heavy atom. The van der Waals surface area contributed by atoms with Crippen molar-refractivity contribution in [1.29, 1.82) is 0 Å². The molecule has 0 radical (unpaired) electrons. The average Bonchev–Trinajstić information content (AvgIpc) is 2.79. The Morgan fingerprint density at radius 3 is 2.79 bits per heavy atom. The van der Waals surface area contributed by atoms with Crippen molar-refractivity contribution in [2.45, 2.75) is 12.8 Å². The average molecular weight is 266 g/mol. The van der Waals surface area contributed by atoms with Crippen LogP contribution < -0.4 is 10.1 Å². The predicted octanol–water partition coefficient (Wildman–Crippen LogP) is 0.500. The number of rotatable bonds is 4. The van der Waals surface area contributed by atoms with Crippen molar-refractivity contribution in [2.24, 2.45) is 13.0 Å². The van der Waals surface area contributed by atoms with Gasteiger partial charge in [-0.25, -0.2) is 0 Å². The minimum atomic E-state index is -0.108. The lowest BCUT2D eigenvalue weighted by molar-refractivity contribution is 0.0936. The van der Waals surface area contributed by atoms with E-state index in [1.165, 1.54) is 7.11 Å². The Morgan fingerprint density at radius 1 is 1.47 bits per heavy atom. The molecule has 0 spiro atoms. The number of piperidine rings is 1. The summed E-state index contributed by atoms with van der Waals surface area (Å²) < 4.78 is 6.68.